The lowest BCUT2D eigenvalue weighted by atomic mass is 10.1. The molecule has 2 heterocycles. The first kappa shape index (κ1) is 22.3. The summed E-state index contributed by atoms with van der Waals surface area (Å²) in [5.41, 5.74) is 4.52. The summed E-state index contributed by atoms with van der Waals surface area (Å²) in [6.07, 6.45) is 2.18. The van der Waals surface area contributed by atoms with Crippen LogP contribution in [0.1, 0.15) is 49.8 Å². The largest absolute Gasteiger partial charge is 0.325 e. The van der Waals surface area contributed by atoms with Gasteiger partial charge in [-0.1, -0.05) is 62.4 Å². The number of nitrogens with one attached hydrogen (secondary N) is 1. The zero-order valence-corrected chi connectivity index (χ0v) is 19.7. The Balaban J connectivity index is 1.63. The summed E-state index contributed by atoms with van der Waals surface area (Å²) in [5.74, 6) is 0.492. The number of aryl methyl sites for hydroxylation is 2. The van der Waals surface area contributed by atoms with E-state index in [9.17, 15) is 9.59 Å². The molecule has 2 aromatic rings. The number of amidine groups is 2. The predicted molar refractivity (Wildman–Crippen MR) is 132 cm³/mol. The summed E-state index contributed by atoms with van der Waals surface area (Å²) < 4.78 is 0. The average Bonchev–Trinajstić information content (AvgIpc) is 3.11. The van der Waals surface area contributed by atoms with Gasteiger partial charge in [-0.15, -0.1) is 0 Å². The van der Waals surface area contributed by atoms with Crippen molar-refractivity contribution in [1.82, 2.24) is 4.90 Å². The van der Waals surface area contributed by atoms with Gasteiger partial charge >= 0.3 is 0 Å². The number of thioether (sulfide) groups is 1. The van der Waals surface area contributed by atoms with Crippen LogP contribution in [0.5, 0.6) is 0 Å². The fraction of sp³-hybridized carbons (Fsp3) is 0.360. The molecule has 0 spiro atoms. The zero-order chi connectivity index (χ0) is 22.8. The molecule has 0 unspecified atom stereocenters. The van der Waals surface area contributed by atoms with Crippen molar-refractivity contribution in [2.75, 3.05) is 5.32 Å². The standard InChI is InChI=1S/C25H28N4O2S/c1-5-10-19-24(31)29-22(26-19)17-13-7-8-14-18(17)27-25(29)32-20(6-2)23(30)28-21-15(3)11-9-12-16(21)4/h7-9,11-14,19-20H,5-6,10H2,1-4H3,(H,28,30)/t19-,20-/m0/s1. The zero-order valence-electron chi connectivity index (χ0n) is 18.9. The van der Waals surface area contributed by atoms with Crippen LogP contribution in [0, 0.1) is 13.8 Å². The van der Waals surface area contributed by atoms with Crippen LogP contribution < -0.4 is 5.32 Å². The first-order chi connectivity index (χ1) is 15.4. The Labute approximate surface area is 193 Å². The van der Waals surface area contributed by atoms with Crippen molar-refractivity contribution in [3.63, 3.8) is 0 Å². The second kappa shape index (κ2) is 9.28. The molecule has 6 nitrogen and oxygen atoms in total. The molecular weight excluding hydrogens is 420 g/mol. The van der Waals surface area contributed by atoms with Gasteiger partial charge in [-0.25, -0.2) is 9.89 Å². The van der Waals surface area contributed by atoms with Gasteiger partial charge in [-0.3, -0.25) is 14.6 Å². The highest BCUT2D eigenvalue weighted by molar-refractivity contribution is 8.15. The van der Waals surface area contributed by atoms with Gasteiger partial charge in [0.15, 0.2) is 5.17 Å². The van der Waals surface area contributed by atoms with E-state index in [1.54, 1.807) is 4.90 Å². The number of benzene rings is 2. The van der Waals surface area contributed by atoms with Crippen LogP contribution in [0.25, 0.3) is 0 Å². The highest BCUT2D eigenvalue weighted by atomic mass is 32.2. The molecule has 0 bridgehead atoms. The van der Waals surface area contributed by atoms with E-state index in [2.05, 4.69) is 5.32 Å². The van der Waals surface area contributed by atoms with Crippen LogP contribution in [0.2, 0.25) is 0 Å². The maximum absolute atomic E-state index is 13.2. The predicted octanol–water partition coefficient (Wildman–Crippen LogP) is 5.21. The number of carbonyl (C=O) groups is 2. The summed E-state index contributed by atoms with van der Waals surface area (Å²) in [7, 11) is 0. The molecule has 0 aromatic heterocycles. The van der Waals surface area contributed by atoms with Gasteiger partial charge in [-0.05, 0) is 49.9 Å². The fourth-order valence-corrected chi connectivity index (χ4v) is 5.03. The third kappa shape index (κ3) is 4.09. The number of anilines is 1. The number of hydrogen-bond donors (Lipinski definition) is 1. The van der Waals surface area contributed by atoms with Gasteiger partial charge in [-0.2, -0.15) is 0 Å². The molecule has 2 amide bonds. The Hall–Kier alpha value is -2.93. The van der Waals surface area contributed by atoms with E-state index < -0.39 is 11.3 Å². The van der Waals surface area contributed by atoms with E-state index in [-0.39, 0.29) is 11.8 Å². The number of aliphatic imine (C=N–C) groups is 2. The van der Waals surface area contributed by atoms with E-state index in [1.165, 1.54) is 11.8 Å². The fourth-order valence-electron chi connectivity index (χ4n) is 4.01. The molecule has 0 radical (unpaired) electrons. The lowest BCUT2D eigenvalue weighted by Gasteiger charge is -2.27. The van der Waals surface area contributed by atoms with Crippen LogP contribution in [0.15, 0.2) is 52.4 Å². The van der Waals surface area contributed by atoms with Crippen molar-refractivity contribution in [2.24, 2.45) is 9.98 Å². The number of para-hydroxylation sites is 2. The summed E-state index contributed by atoms with van der Waals surface area (Å²) in [6, 6.07) is 13.3. The van der Waals surface area contributed by atoms with Gasteiger partial charge in [0.25, 0.3) is 5.91 Å². The van der Waals surface area contributed by atoms with Crippen molar-refractivity contribution >= 4 is 46.0 Å². The Morgan fingerprint density at radius 3 is 2.53 bits per heavy atom. The third-order valence-electron chi connectivity index (χ3n) is 5.75. The molecule has 7 heteroatoms. The molecule has 0 aliphatic carbocycles. The van der Waals surface area contributed by atoms with Crippen LogP contribution >= 0.6 is 11.8 Å². The molecule has 166 valence electrons. The van der Waals surface area contributed by atoms with E-state index >= 15 is 0 Å². The normalized spacial score (nSPS) is 17.9. The molecule has 2 aromatic carbocycles. The summed E-state index contributed by atoms with van der Waals surface area (Å²) in [6.45, 7) is 7.99. The number of amides is 2. The maximum Gasteiger partial charge on any atom is 0.259 e. The highest BCUT2D eigenvalue weighted by Gasteiger charge is 2.42. The molecule has 1 N–H and O–H groups in total. The summed E-state index contributed by atoms with van der Waals surface area (Å²) in [5, 5.41) is 3.22. The molecule has 2 aliphatic heterocycles. The van der Waals surface area contributed by atoms with Crippen LogP contribution in [-0.2, 0) is 9.59 Å². The van der Waals surface area contributed by atoms with Gasteiger partial charge in [0.1, 0.15) is 11.9 Å². The SMILES string of the molecule is CCC[C@@H]1N=C2c3ccccc3N=C(S[C@@H](CC)C(=O)Nc3c(C)cccc3C)N2C1=O. The minimum Gasteiger partial charge on any atom is -0.325 e. The summed E-state index contributed by atoms with van der Waals surface area (Å²) >= 11 is 1.33. The Bertz CT molecular complexity index is 1100. The number of nitrogens with zero attached hydrogens (tertiary/aromatic N) is 3. The third-order valence-corrected chi connectivity index (χ3v) is 7.07. The van der Waals surface area contributed by atoms with Crippen molar-refractivity contribution < 1.29 is 9.59 Å². The van der Waals surface area contributed by atoms with Gasteiger partial charge < -0.3 is 5.32 Å². The monoisotopic (exact) mass is 448 g/mol. The number of rotatable bonds is 6. The number of fused-ring (bicyclic) bond motifs is 3. The molecule has 2 aliphatic rings. The smallest absolute Gasteiger partial charge is 0.259 e. The van der Waals surface area contributed by atoms with Crippen molar-refractivity contribution in [3.05, 3.63) is 59.2 Å². The molecule has 4 rings (SSSR count). The Kier molecular flexibility index (Phi) is 6.46. The summed E-state index contributed by atoms with van der Waals surface area (Å²) in [4.78, 5) is 37.5. The van der Waals surface area contributed by atoms with E-state index in [4.69, 9.17) is 9.98 Å². The minimum atomic E-state index is -0.393. The first-order valence-corrected chi connectivity index (χ1v) is 12.0. The van der Waals surface area contributed by atoms with Crippen LogP contribution in [-0.4, -0.2) is 39.0 Å². The van der Waals surface area contributed by atoms with Gasteiger partial charge in [0.2, 0.25) is 5.91 Å². The van der Waals surface area contributed by atoms with Crippen molar-refractivity contribution in [2.45, 2.75) is 58.2 Å². The van der Waals surface area contributed by atoms with Crippen molar-refractivity contribution in [1.29, 1.82) is 0 Å². The Morgan fingerprint density at radius 2 is 1.84 bits per heavy atom. The minimum absolute atomic E-state index is 0.0624. The van der Waals surface area contributed by atoms with Gasteiger partial charge in [0.05, 0.1) is 10.9 Å². The van der Waals surface area contributed by atoms with Crippen LogP contribution in [0.4, 0.5) is 11.4 Å². The molecular formula is C25H28N4O2S. The van der Waals surface area contributed by atoms with Crippen molar-refractivity contribution in [3.8, 4) is 0 Å². The molecule has 0 saturated carbocycles. The van der Waals surface area contributed by atoms with Crippen LogP contribution in [0.3, 0.4) is 0 Å². The van der Waals surface area contributed by atoms with Gasteiger partial charge in [0, 0.05) is 11.3 Å². The topological polar surface area (TPSA) is 74.1 Å². The highest BCUT2D eigenvalue weighted by Crippen LogP contribution is 2.36. The molecule has 0 fully saturated rings. The lowest BCUT2D eigenvalue weighted by molar-refractivity contribution is -0.124. The quantitative estimate of drug-likeness (QED) is 0.659. The molecule has 2 atom stereocenters. The number of carbonyl (C=O) groups excluding carboxylic acids is 2. The van der Waals surface area contributed by atoms with E-state index in [0.717, 1.165) is 34.5 Å². The first-order valence-electron chi connectivity index (χ1n) is 11.1. The lowest BCUT2D eigenvalue weighted by Crippen LogP contribution is -2.42. The molecule has 32 heavy (non-hydrogen) atoms. The number of hydrogen-bond acceptors (Lipinski definition) is 5. The maximum atomic E-state index is 13.2. The Morgan fingerprint density at radius 1 is 1.12 bits per heavy atom. The average molecular weight is 449 g/mol. The second-order valence-electron chi connectivity index (χ2n) is 8.11. The van der Waals surface area contributed by atoms with E-state index in [0.29, 0.717) is 23.8 Å². The van der Waals surface area contributed by atoms with E-state index in [1.807, 2.05) is 70.2 Å². The second-order valence-corrected chi connectivity index (χ2v) is 9.28. The molecule has 0 saturated heterocycles.